The van der Waals surface area contributed by atoms with E-state index in [1.807, 2.05) is 6.92 Å². The van der Waals surface area contributed by atoms with Crippen molar-refractivity contribution in [1.82, 2.24) is 14.8 Å². The van der Waals surface area contributed by atoms with Crippen LogP contribution in [0.1, 0.15) is 5.56 Å². The Labute approximate surface area is 133 Å². The van der Waals surface area contributed by atoms with E-state index in [0.29, 0.717) is 11.4 Å². The average molecular weight is 330 g/mol. The van der Waals surface area contributed by atoms with Crippen LogP contribution in [-0.4, -0.2) is 28.3 Å². The number of phenols is 1. The predicted octanol–water partition coefficient (Wildman–Crippen LogP) is 2.08. The highest BCUT2D eigenvalue weighted by atomic mass is 32.2. The van der Waals surface area contributed by atoms with E-state index in [1.165, 1.54) is 47.7 Å². The molecule has 3 aromatic rings. The number of phenolic OH excluding ortho intramolecular Hbond substituents is 1. The second-order valence-corrected chi connectivity index (χ2v) is 6.64. The minimum absolute atomic E-state index is 0.0335. The SMILES string of the molecule is Cc1ccc(S(=O)(=O)Nc2ccc(O)c(-n3cncn3)c2)cc1. The Morgan fingerprint density at radius 1 is 1.13 bits per heavy atom. The van der Waals surface area contributed by atoms with E-state index in [1.54, 1.807) is 12.1 Å². The maximum absolute atomic E-state index is 12.4. The van der Waals surface area contributed by atoms with Gasteiger partial charge in [-0.05, 0) is 37.3 Å². The minimum atomic E-state index is -3.71. The van der Waals surface area contributed by atoms with Crippen LogP contribution in [0.3, 0.4) is 0 Å². The van der Waals surface area contributed by atoms with Gasteiger partial charge in [0, 0.05) is 0 Å². The lowest BCUT2D eigenvalue weighted by atomic mass is 10.2. The fraction of sp³-hybridized carbons (Fsp3) is 0.0667. The molecule has 7 nitrogen and oxygen atoms in total. The molecule has 0 unspecified atom stereocenters. The molecule has 0 saturated heterocycles. The van der Waals surface area contributed by atoms with E-state index < -0.39 is 10.0 Å². The molecule has 0 aliphatic rings. The number of aromatic nitrogens is 3. The first-order valence-corrected chi connectivity index (χ1v) is 8.21. The highest BCUT2D eigenvalue weighted by Gasteiger charge is 2.15. The molecule has 0 bridgehead atoms. The molecule has 0 radical (unpaired) electrons. The van der Waals surface area contributed by atoms with Gasteiger partial charge >= 0.3 is 0 Å². The van der Waals surface area contributed by atoms with Gasteiger partial charge in [-0.2, -0.15) is 5.10 Å². The Kier molecular flexibility index (Phi) is 3.75. The summed E-state index contributed by atoms with van der Waals surface area (Å²) in [6, 6.07) is 10.9. The number of nitrogens with one attached hydrogen (secondary N) is 1. The van der Waals surface area contributed by atoms with Crippen molar-refractivity contribution in [1.29, 1.82) is 0 Å². The number of hydrogen-bond acceptors (Lipinski definition) is 5. The van der Waals surface area contributed by atoms with Crippen LogP contribution in [0, 0.1) is 6.92 Å². The Morgan fingerprint density at radius 3 is 2.52 bits per heavy atom. The second-order valence-electron chi connectivity index (χ2n) is 4.96. The lowest BCUT2D eigenvalue weighted by molar-refractivity contribution is 0.470. The van der Waals surface area contributed by atoms with E-state index in [-0.39, 0.29) is 10.6 Å². The van der Waals surface area contributed by atoms with Crippen molar-refractivity contribution < 1.29 is 13.5 Å². The van der Waals surface area contributed by atoms with Crippen LogP contribution < -0.4 is 4.72 Å². The summed E-state index contributed by atoms with van der Waals surface area (Å²) in [4.78, 5) is 3.97. The highest BCUT2D eigenvalue weighted by Crippen LogP contribution is 2.26. The Morgan fingerprint density at radius 2 is 1.87 bits per heavy atom. The fourth-order valence-corrected chi connectivity index (χ4v) is 3.08. The first kappa shape index (κ1) is 15.0. The topological polar surface area (TPSA) is 97.1 Å². The molecule has 3 rings (SSSR count). The summed E-state index contributed by atoms with van der Waals surface area (Å²) in [5, 5.41) is 13.8. The summed E-state index contributed by atoms with van der Waals surface area (Å²) < 4.78 is 28.6. The monoisotopic (exact) mass is 330 g/mol. The number of aryl methyl sites for hydroxylation is 1. The molecule has 0 atom stereocenters. The van der Waals surface area contributed by atoms with Gasteiger partial charge in [0.1, 0.15) is 24.1 Å². The summed E-state index contributed by atoms with van der Waals surface area (Å²) in [5.41, 5.74) is 1.61. The maximum Gasteiger partial charge on any atom is 0.261 e. The summed E-state index contributed by atoms with van der Waals surface area (Å²) in [5.74, 6) is -0.0335. The number of anilines is 1. The van der Waals surface area contributed by atoms with Crippen LogP contribution in [-0.2, 0) is 10.0 Å². The molecule has 118 valence electrons. The van der Waals surface area contributed by atoms with Crippen LogP contribution in [0.25, 0.3) is 5.69 Å². The third-order valence-corrected chi connectivity index (χ3v) is 4.62. The van der Waals surface area contributed by atoms with E-state index in [2.05, 4.69) is 14.8 Å². The second kappa shape index (κ2) is 5.73. The molecular formula is C15H14N4O3S. The van der Waals surface area contributed by atoms with Gasteiger partial charge in [-0.1, -0.05) is 17.7 Å². The van der Waals surface area contributed by atoms with Gasteiger partial charge in [-0.3, -0.25) is 4.72 Å². The predicted molar refractivity (Wildman–Crippen MR) is 85.0 cm³/mol. The van der Waals surface area contributed by atoms with Crippen molar-refractivity contribution >= 4 is 15.7 Å². The van der Waals surface area contributed by atoms with Crippen LogP contribution in [0.5, 0.6) is 5.75 Å². The largest absolute Gasteiger partial charge is 0.506 e. The fourth-order valence-electron chi connectivity index (χ4n) is 2.03. The molecule has 2 aromatic carbocycles. The normalized spacial score (nSPS) is 11.3. The van der Waals surface area contributed by atoms with E-state index in [0.717, 1.165) is 5.56 Å². The van der Waals surface area contributed by atoms with Gasteiger partial charge in [0.15, 0.2) is 0 Å². The smallest absolute Gasteiger partial charge is 0.261 e. The molecule has 0 fully saturated rings. The molecule has 1 aromatic heterocycles. The maximum atomic E-state index is 12.4. The molecule has 0 saturated carbocycles. The lowest BCUT2D eigenvalue weighted by Crippen LogP contribution is -2.13. The number of aromatic hydroxyl groups is 1. The number of benzene rings is 2. The first-order chi connectivity index (χ1) is 11.0. The molecule has 0 amide bonds. The average Bonchev–Trinajstić information content (AvgIpc) is 3.03. The molecule has 0 spiro atoms. The van der Waals surface area contributed by atoms with Crippen LogP contribution >= 0.6 is 0 Å². The third kappa shape index (κ3) is 3.16. The lowest BCUT2D eigenvalue weighted by Gasteiger charge is -2.11. The Hall–Kier alpha value is -2.87. The number of rotatable bonds is 4. The van der Waals surface area contributed by atoms with Gasteiger partial charge < -0.3 is 5.11 Å². The van der Waals surface area contributed by atoms with Crippen molar-refractivity contribution in [3.63, 3.8) is 0 Å². The summed E-state index contributed by atoms with van der Waals surface area (Å²) >= 11 is 0. The van der Waals surface area contributed by atoms with Gasteiger partial charge in [-0.15, -0.1) is 0 Å². The molecule has 2 N–H and O–H groups in total. The molecule has 0 aliphatic carbocycles. The summed E-state index contributed by atoms with van der Waals surface area (Å²) in [7, 11) is -3.71. The Balaban J connectivity index is 1.94. The van der Waals surface area contributed by atoms with Crippen molar-refractivity contribution in [2.75, 3.05) is 4.72 Å². The van der Waals surface area contributed by atoms with Gasteiger partial charge in [0.05, 0.1) is 10.6 Å². The quantitative estimate of drug-likeness (QED) is 0.714. The minimum Gasteiger partial charge on any atom is -0.506 e. The zero-order valence-electron chi connectivity index (χ0n) is 12.2. The zero-order valence-corrected chi connectivity index (χ0v) is 13.0. The highest BCUT2D eigenvalue weighted by molar-refractivity contribution is 7.92. The van der Waals surface area contributed by atoms with Crippen LogP contribution in [0.15, 0.2) is 60.0 Å². The van der Waals surface area contributed by atoms with E-state index >= 15 is 0 Å². The van der Waals surface area contributed by atoms with Gasteiger partial charge in [-0.25, -0.2) is 18.1 Å². The molecular weight excluding hydrogens is 316 g/mol. The van der Waals surface area contributed by atoms with Crippen LogP contribution in [0.2, 0.25) is 0 Å². The van der Waals surface area contributed by atoms with E-state index in [9.17, 15) is 13.5 Å². The molecule has 8 heteroatoms. The number of nitrogens with zero attached hydrogens (tertiary/aromatic N) is 3. The van der Waals surface area contributed by atoms with E-state index in [4.69, 9.17) is 0 Å². The molecule has 23 heavy (non-hydrogen) atoms. The molecule has 1 heterocycles. The van der Waals surface area contributed by atoms with Crippen molar-refractivity contribution in [3.8, 4) is 11.4 Å². The van der Waals surface area contributed by atoms with Crippen molar-refractivity contribution in [2.24, 2.45) is 0 Å². The van der Waals surface area contributed by atoms with Gasteiger partial charge in [0.2, 0.25) is 0 Å². The number of sulfonamides is 1. The van der Waals surface area contributed by atoms with Gasteiger partial charge in [0.25, 0.3) is 10.0 Å². The van der Waals surface area contributed by atoms with Crippen LogP contribution in [0.4, 0.5) is 5.69 Å². The standard InChI is InChI=1S/C15H14N4O3S/c1-11-2-5-13(6-3-11)23(21,22)18-12-4-7-15(20)14(8-12)19-10-16-9-17-19/h2-10,18,20H,1H3. The van der Waals surface area contributed by atoms with Crippen molar-refractivity contribution in [2.45, 2.75) is 11.8 Å². The van der Waals surface area contributed by atoms with Crippen molar-refractivity contribution in [3.05, 3.63) is 60.7 Å². The first-order valence-electron chi connectivity index (χ1n) is 6.73. The Bertz CT molecular complexity index is 920. The number of hydrogen-bond donors (Lipinski definition) is 2. The molecule has 0 aliphatic heterocycles. The zero-order chi connectivity index (χ0) is 16.4. The summed E-state index contributed by atoms with van der Waals surface area (Å²) in [6.07, 6.45) is 2.73. The summed E-state index contributed by atoms with van der Waals surface area (Å²) in [6.45, 7) is 1.88. The third-order valence-electron chi connectivity index (χ3n) is 3.22.